The van der Waals surface area contributed by atoms with Gasteiger partial charge in [-0.1, -0.05) is 0 Å². The van der Waals surface area contributed by atoms with Gasteiger partial charge in [0.15, 0.2) is 0 Å². The molecule has 0 saturated carbocycles. The van der Waals surface area contributed by atoms with Gasteiger partial charge in [0.2, 0.25) is 0 Å². The zero-order valence-corrected chi connectivity index (χ0v) is 6.57. The van der Waals surface area contributed by atoms with Crippen molar-refractivity contribution in [2.45, 2.75) is 12.5 Å². The first-order chi connectivity index (χ1) is 5.74. The summed E-state index contributed by atoms with van der Waals surface area (Å²) in [6.07, 6.45) is 1.85. The highest BCUT2D eigenvalue weighted by atomic mass is 14.8. The highest BCUT2D eigenvalue weighted by Crippen LogP contribution is 2.12. The van der Waals surface area contributed by atoms with Crippen LogP contribution in [0.2, 0.25) is 0 Å². The topological polar surface area (TPSA) is 88.7 Å². The molecular weight excluding hydrogens is 152 g/mol. The van der Waals surface area contributed by atoms with E-state index in [0.717, 1.165) is 0 Å². The lowest BCUT2D eigenvalue weighted by Crippen LogP contribution is -2.11. The van der Waals surface area contributed by atoms with Crippen molar-refractivity contribution in [3.63, 3.8) is 0 Å². The van der Waals surface area contributed by atoms with Crippen LogP contribution in [0.25, 0.3) is 0 Å². The van der Waals surface area contributed by atoms with Crippen LogP contribution in [0.1, 0.15) is 18.2 Å². The summed E-state index contributed by atoms with van der Waals surface area (Å²) in [6.45, 7) is 0. The van der Waals surface area contributed by atoms with Crippen LogP contribution in [0.15, 0.2) is 18.3 Å². The molecule has 0 saturated heterocycles. The molecule has 0 fully saturated rings. The average Bonchev–Trinajstić information content (AvgIpc) is 2.05. The van der Waals surface area contributed by atoms with E-state index < -0.39 is 0 Å². The van der Waals surface area contributed by atoms with Crippen LogP contribution in [0.5, 0.6) is 0 Å². The van der Waals surface area contributed by atoms with Crippen molar-refractivity contribution in [2.75, 3.05) is 5.73 Å². The van der Waals surface area contributed by atoms with Crippen LogP contribution in [-0.2, 0) is 0 Å². The maximum absolute atomic E-state index is 8.38. The van der Waals surface area contributed by atoms with Crippen LogP contribution in [0, 0.1) is 11.3 Å². The second-order valence-electron chi connectivity index (χ2n) is 2.48. The Kier molecular flexibility index (Phi) is 2.62. The number of nitrogen functional groups attached to an aromatic ring is 1. The van der Waals surface area contributed by atoms with E-state index in [1.807, 2.05) is 6.07 Å². The minimum Gasteiger partial charge on any atom is -0.399 e. The molecule has 0 radical (unpaired) electrons. The number of nitrogens with two attached hydrogens (primary N) is 2. The number of nitriles is 1. The molecule has 62 valence electrons. The first-order valence-electron chi connectivity index (χ1n) is 3.58. The summed E-state index contributed by atoms with van der Waals surface area (Å²) < 4.78 is 0. The van der Waals surface area contributed by atoms with Gasteiger partial charge in [-0.25, -0.2) is 0 Å². The van der Waals surface area contributed by atoms with E-state index >= 15 is 0 Å². The monoisotopic (exact) mass is 162 g/mol. The molecule has 4 N–H and O–H groups in total. The van der Waals surface area contributed by atoms with Gasteiger partial charge < -0.3 is 11.5 Å². The predicted molar refractivity (Wildman–Crippen MR) is 45.8 cm³/mol. The number of hydrogen-bond donors (Lipinski definition) is 2. The summed E-state index contributed by atoms with van der Waals surface area (Å²) in [7, 11) is 0. The molecule has 0 aliphatic heterocycles. The van der Waals surface area contributed by atoms with Gasteiger partial charge in [0, 0.05) is 11.9 Å². The van der Waals surface area contributed by atoms with E-state index in [1.165, 1.54) is 0 Å². The highest BCUT2D eigenvalue weighted by molar-refractivity contribution is 5.38. The molecule has 12 heavy (non-hydrogen) atoms. The lowest BCUT2D eigenvalue weighted by Gasteiger charge is -2.06. The summed E-state index contributed by atoms with van der Waals surface area (Å²) in [5.41, 5.74) is 12.4. The maximum atomic E-state index is 8.38. The molecule has 1 atom stereocenters. The van der Waals surface area contributed by atoms with Crippen LogP contribution in [-0.4, -0.2) is 4.98 Å². The Morgan fingerprint density at radius 1 is 1.67 bits per heavy atom. The Hall–Kier alpha value is -1.60. The van der Waals surface area contributed by atoms with Crippen molar-refractivity contribution in [3.05, 3.63) is 24.0 Å². The maximum Gasteiger partial charge on any atom is 0.0642 e. The Morgan fingerprint density at radius 2 is 2.42 bits per heavy atom. The zero-order chi connectivity index (χ0) is 8.97. The molecule has 1 aromatic heterocycles. The van der Waals surface area contributed by atoms with Crippen molar-refractivity contribution >= 4 is 5.69 Å². The number of hydrogen-bond acceptors (Lipinski definition) is 4. The zero-order valence-electron chi connectivity index (χ0n) is 6.57. The van der Waals surface area contributed by atoms with Gasteiger partial charge >= 0.3 is 0 Å². The van der Waals surface area contributed by atoms with Crippen LogP contribution < -0.4 is 11.5 Å². The first kappa shape index (κ1) is 8.50. The molecular formula is C8H10N4. The predicted octanol–water partition coefficient (Wildman–Crippen LogP) is 0.577. The van der Waals surface area contributed by atoms with Crippen LogP contribution in [0.3, 0.4) is 0 Å². The Labute approximate surface area is 70.8 Å². The van der Waals surface area contributed by atoms with Gasteiger partial charge in [-0.15, -0.1) is 0 Å². The lowest BCUT2D eigenvalue weighted by molar-refractivity contribution is 0.720. The lowest BCUT2D eigenvalue weighted by atomic mass is 10.1. The number of anilines is 1. The van der Waals surface area contributed by atoms with E-state index in [9.17, 15) is 0 Å². The fourth-order valence-corrected chi connectivity index (χ4v) is 0.871. The Morgan fingerprint density at radius 3 is 3.00 bits per heavy atom. The summed E-state index contributed by atoms with van der Waals surface area (Å²) in [5.74, 6) is 0. The smallest absolute Gasteiger partial charge is 0.0642 e. The number of nitrogens with zero attached hydrogens (tertiary/aromatic N) is 2. The van der Waals surface area contributed by atoms with E-state index in [-0.39, 0.29) is 12.5 Å². The molecule has 1 rings (SSSR count). The van der Waals surface area contributed by atoms with Gasteiger partial charge in [0.05, 0.1) is 24.2 Å². The van der Waals surface area contributed by atoms with Crippen molar-refractivity contribution in [1.29, 1.82) is 5.26 Å². The van der Waals surface area contributed by atoms with Gasteiger partial charge in [0.1, 0.15) is 0 Å². The first-order valence-corrected chi connectivity index (χ1v) is 3.58. The molecule has 0 bridgehead atoms. The third-order valence-corrected chi connectivity index (χ3v) is 1.50. The third-order valence-electron chi connectivity index (χ3n) is 1.50. The second-order valence-corrected chi connectivity index (χ2v) is 2.48. The van der Waals surface area contributed by atoms with E-state index in [0.29, 0.717) is 11.4 Å². The van der Waals surface area contributed by atoms with E-state index in [4.69, 9.17) is 16.7 Å². The summed E-state index contributed by atoms with van der Waals surface area (Å²) in [4.78, 5) is 4.00. The van der Waals surface area contributed by atoms with Gasteiger partial charge in [0.25, 0.3) is 0 Å². The molecule has 4 nitrogen and oxygen atoms in total. The van der Waals surface area contributed by atoms with Crippen LogP contribution in [0.4, 0.5) is 5.69 Å². The number of pyridine rings is 1. The summed E-state index contributed by atoms with van der Waals surface area (Å²) in [5, 5.41) is 8.38. The molecule has 0 aromatic carbocycles. The standard InChI is InChI=1S/C8H10N4/c9-3-1-7(11)8-5-6(10)2-4-12-8/h2,4-5,7H,1,11H2,(H2,10,12). The highest BCUT2D eigenvalue weighted by Gasteiger charge is 2.05. The fourth-order valence-electron chi connectivity index (χ4n) is 0.871. The SMILES string of the molecule is N#CCC(N)c1cc(N)ccn1. The van der Waals surface area contributed by atoms with E-state index in [2.05, 4.69) is 4.98 Å². The minimum absolute atomic E-state index is 0.260. The quantitative estimate of drug-likeness (QED) is 0.665. The fraction of sp³-hybridized carbons (Fsp3) is 0.250. The molecule has 4 heteroatoms. The molecule has 0 spiro atoms. The normalized spacial score (nSPS) is 12.0. The molecule has 0 aliphatic carbocycles. The minimum atomic E-state index is -0.335. The van der Waals surface area contributed by atoms with Crippen molar-refractivity contribution < 1.29 is 0 Å². The number of aromatic nitrogens is 1. The molecule has 1 heterocycles. The third kappa shape index (κ3) is 1.94. The number of rotatable bonds is 2. The Bertz CT molecular complexity index is 302. The van der Waals surface area contributed by atoms with Crippen LogP contribution >= 0.6 is 0 Å². The second kappa shape index (κ2) is 3.69. The van der Waals surface area contributed by atoms with Crippen molar-refractivity contribution in [2.24, 2.45) is 5.73 Å². The molecule has 0 aliphatic rings. The largest absolute Gasteiger partial charge is 0.399 e. The van der Waals surface area contributed by atoms with Gasteiger partial charge in [-0.05, 0) is 12.1 Å². The van der Waals surface area contributed by atoms with E-state index in [1.54, 1.807) is 18.3 Å². The van der Waals surface area contributed by atoms with Crippen molar-refractivity contribution in [1.82, 2.24) is 4.98 Å². The molecule has 1 unspecified atom stereocenters. The molecule has 0 amide bonds. The van der Waals surface area contributed by atoms with Gasteiger partial charge in [-0.2, -0.15) is 5.26 Å². The van der Waals surface area contributed by atoms with Crippen molar-refractivity contribution in [3.8, 4) is 6.07 Å². The molecule has 1 aromatic rings. The summed E-state index contributed by atoms with van der Waals surface area (Å²) in [6, 6.07) is 5.01. The average molecular weight is 162 g/mol. The Balaban J connectivity index is 2.82. The summed E-state index contributed by atoms with van der Waals surface area (Å²) >= 11 is 0. The van der Waals surface area contributed by atoms with Gasteiger partial charge in [-0.3, -0.25) is 4.98 Å².